The van der Waals surface area contributed by atoms with Gasteiger partial charge in [-0.2, -0.15) is 0 Å². The fourth-order valence-corrected chi connectivity index (χ4v) is 3.72. The van der Waals surface area contributed by atoms with E-state index in [9.17, 15) is 5.11 Å². The summed E-state index contributed by atoms with van der Waals surface area (Å²) < 4.78 is 16.5. The van der Waals surface area contributed by atoms with Gasteiger partial charge in [0.2, 0.25) is 5.88 Å². The molecule has 0 radical (unpaired) electrons. The summed E-state index contributed by atoms with van der Waals surface area (Å²) in [6.07, 6.45) is 1.78. The third kappa shape index (κ3) is 6.02. The molecule has 0 amide bonds. The van der Waals surface area contributed by atoms with Crippen molar-refractivity contribution in [3.63, 3.8) is 0 Å². The number of rotatable bonds is 12. The zero-order valence-corrected chi connectivity index (χ0v) is 17.5. The van der Waals surface area contributed by atoms with E-state index >= 15 is 0 Å². The molecule has 3 rings (SSSR count). The van der Waals surface area contributed by atoms with Gasteiger partial charge in [0, 0.05) is 52.0 Å². The summed E-state index contributed by atoms with van der Waals surface area (Å²) in [5, 5.41) is 14.8. The molecule has 0 saturated carbocycles. The molecule has 2 heterocycles. The molecule has 160 valence electrons. The van der Waals surface area contributed by atoms with Crippen molar-refractivity contribution in [2.24, 2.45) is 0 Å². The highest BCUT2D eigenvalue weighted by Crippen LogP contribution is 2.34. The molecule has 2 aromatic rings. The number of methoxy groups -OCH3 is 1. The first-order chi connectivity index (χ1) is 14.2. The molecule has 0 aliphatic carbocycles. The van der Waals surface area contributed by atoms with Crippen LogP contribution in [-0.2, 0) is 16.0 Å². The predicted octanol–water partition coefficient (Wildman–Crippen LogP) is 2.79. The van der Waals surface area contributed by atoms with E-state index in [1.807, 2.05) is 25.1 Å². The number of aliphatic hydroxyl groups excluding tert-OH is 1. The monoisotopic (exact) mass is 403 g/mol. The molecule has 0 bridgehead atoms. The minimum atomic E-state index is -0.554. The van der Waals surface area contributed by atoms with Crippen LogP contribution in [0.3, 0.4) is 0 Å². The van der Waals surface area contributed by atoms with Crippen LogP contribution in [0.2, 0.25) is 0 Å². The second kappa shape index (κ2) is 11.3. The predicted molar refractivity (Wildman–Crippen MR) is 113 cm³/mol. The highest BCUT2D eigenvalue weighted by molar-refractivity contribution is 5.68. The maximum Gasteiger partial charge on any atom is 0.232 e. The molecule has 1 N–H and O–H groups in total. The van der Waals surface area contributed by atoms with E-state index in [2.05, 4.69) is 27.1 Å². The van der Waals surface area contributed by atoms with Gasteiger partial charge in [-0.1, -0.05) is 35.5 Å². The van der Waals surface area contributed by atoms with Crippen LogP contribution in [0.5, 0.6) is 0 Å². The lowest BCUT2D eigenvalue weighted by Gasteiger charge is -2.26. The van der Waals surface area contributed by atoms with E-state index in [1.165, 1.54) is 12.8 Å². The Balaban J connectivity index is 1.85. The van der Waals surface area contributed by atoms with Crippen LogP contribution >= 0.6 is 0 Å². The van der Waals surface area contributed by atoms with Crippen molar-refractivity contribution in [3.05, 3.63) is 35.9 Å². The van der Waals surface area contributed by atoms with Gasteiger partial charge in [0.25, 0.3) is 0 Å². The summed E-state index contributed by atoms with van der Waals surface area (Å²) >= 11 is 0. The molecule has 1 aliphatic heterocycles. The first kappa shape index (κ1) is 21.8. The van der Waals surface area contributed by atoms with Crippen LogP contribution in [0.15, 0.2) is 34.9 Å². The van der Waals surface area contributed by atoms with Gasteiger partial charge in [-0.25, -0.2) is 0 Å². The summed E-state index contributed by atoms with van der Waals surface area (Å²) in [5.41, 5.74) is 2.98. The second-order valence-corrected chi connectivity index (χ2v) is 7.42. The molecule has 1 aliphatic rings. The maximum absolute atomic E-state index is 10.4. The summed E-state index contributed by atoms with van der Waals surface area (Å²) in [7, 11) is 1.69. The SMILES string of the molecule is CCOC[C@@H](O)CN(CCOC)Cc1c(-c2ccccc2)noc1N1CCCC1. The Morgan fingerprint density at radius 1 is 1.24 bits per heavy atom. The van der Waals surface area contributed by atoms with E-state index in [0.717, 1.165) is 35.8 Å². The van der Waals surface area contributed by atoms with Gasteiger partial charge in [0.05, 0.1) is 24.9 Å². The lowest BCUT2D eigenvalue weighted by molar-refractivity contribution is 0.0149. The van der Waals surface area contributed by atoms with Crippen LogP contribution in [0.25, 0.3) is 11.3 Å². The van der Waals surface area contributed by atoms with Crippen molar-refractivity contribution in [1.29, 1.82) is 0 Å². The van der Waals surface area contributed by atoms with Gasteiger partial charge < -0.3 is 24.0 Å². The maximum atomic E-state index is 10.4. The Morgan fingerprint density at radius 2 is 2.00 bits per heavy atom. The zero-order valence-electron chi connectivity index (χ0n) is 17.5. The third-order valence-electron chi connectivity index (χ3n) is 5.18. The standard InChI is InChI=1S/C22H33N3O4/c1-3-28-17-19(26)15-24(13-14-27-2)16-20-21(18-9-5-4-6-10-18)23-29-22(20)25-11-7-8-12-25/h4-6,9-10,19,26H,3,7-8,11-17H2,1-2H3/t19-/m0/s1. The van der Waals surface area contributed by atoms with Crippen molar-refractivity contribution in [3.8, 4) is 11.3 Å². The summed E-state index contributed by atoms with van der Waals surface area (Å²) in [5.74, 6) is 0.850. The summed E-state index contributed by atoms with van der Waals surface area (Å²) in [6, 6.07) is 10.1. The smallest absolute Gasteiger partial charge is 0.232 e. The number of hydrogen-bond acceptors (Lipinski definition) is 7. The molecule has 1 atom stereocenters. The topological polar surface area (TPSA) is 71.2 Å². The summed E-state index contributed by atoms with van der Waals surface area (Å²) in [4.78, 5) is 4.46. The summed E-state index contributed by atoms with van der Waals surface area (Å²) in [6.45, 7) is 7.26. The fraction of sp³-hybridized carbons (Fsp3) is 0.591. The van der Waals surface area contributed by atoms with Crippen LogP contribution in [-0.4, -0.2) is 74.4 Å². The van der Waals surface area contributed by atoms with Gasteiger partial charge in [-0.15, -0.1) is 0 Å². The molecular formula is C22H33N3O4. The van der Waals surface area contributed by atoms with Gasteiger partial charge in [0.15, 0.2) is 0 Å². The van der Waals surface area contributed by atoms with Gasteiger partial charge in [0.1, 0.15) is 5.69 Å². The van der Waals surface area contributed by atoms with Crippen molar-refractivity contribution >= 4 is 5.88 Å². The average Bonchev–Trinajstić information content (AvgIpc) is 3.41. The molecule has 7 heteroatoms. The Kier molecular flexibility index (Phi) is 8.49. The van der Waals surface area contributed by atoms with Gasteiger partial charge in [-0.3, -0.25) is 4.90 Å². The van der Waals surface area contributed by atoms with E-state index in [1.54, 1.807) is 7.11 Å². The van der Waals surface area contributed by atoms with Gasteiger partial charge >= 0.3 is 0 Å². The third-order valence-corrected chi connectivity index (χ3v) is 5.18. The average molecular weight is 404 g/mol. The van der Waals surface area contributed by atoms with Crippen molar-refractivity contribution in [2.45, 2.75) is 32.4 Å². The van der Waals surface area contributed by atoms with Gasteiger partial charge in [-0.05, 0) is 19.8 Å². The number of ether oxygens (including phenoxy) is 2. The number of aliphatic hydroxyl groups is 1. The van der Waals surface area contributed by atoms with E-state index in [0.29, 0.717) is 39.5 Å². The number of aromatic nitrogens is 1. The molecule has 0 unspecified atom stereocenters. The fourth-order valence-electron chi connectivity index (χ4n) is 3.72. The molecule has 1 fully saturated rings. The number of benzene rings is 1. The number of hydrogen-bond donors (Lipinski definition) is 1. The van der Waals surface area contributed by atoms with Crippen molar-refractivity contribution in [2.75, 3.05) is 58.0 Å². The first-order valence-electron chi connectivity index (χ1n) is 10.5. The molecule has 1 aromatic carbocycles. The van der Waals surface area contributed by atoms with Crippen molar-refractivity contribution < 1.29 is 19.1 Å². The first-order valence-corrected chi connectivity index (χ1v) is 10.5. The Morgan fingerprint density at radius 3 is 2.69 bits per heavy atom. The lowest BCUT2D eigenvalue weighted by atomic mass is 10.1. The minimum Gasteiger partial charge on any atom is -0.389 e. The molecule has 1 saturated heterocycles. The largest absolute Gasteiger partial charge is 0.389 e. The molecule has 0 spiro atoms. The quantitative estimate of drug-likeness (QED) is 0.584. The highest BCUT2D eigenvalue weighted by atomic mass is 16.5. The Bertz CT molecular complexity index is 716. The van der Waals surface area contributed by atoms with Crippen LogP contribution in [0.4, 0.5) is 5.88 Å². The molecule has 1 aromatic heterocycles. The second-order valence-electron chi connectivity index (χ2n) is 7.42. The molecule has 7 nitrogen and oxygen atoms in total. The van der Waals surface area contributed by atoms with E-state index in [-0.39, 0.29) is 0 Å². The van der Waals surface area contributed by atoms with Crippen LogP contribution in [0.1, 0.15) is 25.3 Å². The molecular weight excluding hydrogens is 370 g/mol. The van der Waals surface area contributed by atoms with Crippen LogP contribution < -0.4 is 4.90 Å². The van der Waals surface area contributed by atoms with Crippen LogP contribution in [0, 0.1) is 0 Å². The van der Waals surface area contributed by atoms with E-state index < -0.39 is 6.10 Å². The lowest BCUT2D eigenvalue weighted by Crippen LogP contribution is -2.37. The normalized spacial score (nSPS) is 15.4. The minimum absolute atomic E-state index is 0.328. The zero-order chi connectivity index (χ0) is 20.5. The van der Waals surface area contributed by atoms with Crippen molar-refractivity contribution in [1.82, 2.24) is 10.1 Å². The molecule has 29 heavy (non-hydrogen) atoms. The number of nitrogens with zero attached hydrogens (tertiary/aromatic N) is 3. The Hall–Kier alpha value is -1.93. The number of anilines is 1. The highest BCUT2D eigenvalue weighted by Gasteiger charge is 2.26. The Labute approximate surface area is 173 Å². The van der Waals surface area contributed by atoms with E-state index in [4.69, 9.17) is 14.0 Å².